The van der Waals surface area contributed by atoms with E-state index >= 15 is 0 Å². The first kappa shape index (κ1) is 14.4. The summed E-state index contributed by atoms with van der Waals surface area (Å²) < 4.78 is 18.4. The summed E-state index contributed by atoms with van der Waals surface area (Å²) >= 11 is 0. The molecule has 1 aliphatic rings. The van der Waals surface area contributed by atoms with Crippen LogP contribution >= 0.6 is 0 Å². The lowest BCUT2D eigenvalue weighted by Gasteiger charge is -2.32. The van der Waals surface area contributed by atoms with Crippen LogP contribution in [0.5, 0.6) is 0 Å². The highest BCUT2D eigenvalue weighted by Crippen LogP contribution is 2.18. The van der Waals surface area contributed by atoms with Crippen molar-refractivity contribution in [1.82, 2.24) is 4.90 Å². The first-order valence-electron chi connectivity index (χ1n) is 6.96. The van der Waals surface area contributed by atoms with Crippen molar-refractivity contribution in [2.45, 2.75) is 32.0 Å². The molecule has 3 nitrogen and oxygen atoms in total. The van der Waals surface area contributed by atoms with Gasteiger partial charge in [-0.2, -0.15) is 0 Å². The minimum Gasteiger partial charge on any atom is -0.388 e. The predicted octanol–water partition coefficient (Wildman–Crippen LogP) is 2.36. The SMILES string of the molecule is CCC1CN(CCC(O)c2ccc(F)cc2)CCO1. The first-order valence-corrected chi connectivity index (χ1v) is 6.96. The molecule has 1 N–H and O–H groups in total. The van der Waals surface area contributed by atoms with Crippen molar-refractivity contribution in [2.24, 2.45) is 0 Å². The topological polar surface area (TPSA) is 32.7 Å². The Bertz CT molecular complexity index is 382. The molecule has 0 spiro atoms. The number of aliphatic hydroxyl groups excluding tert-OH is 1. The van der Waals surface area contributed by atoms with Crippen molar-refractivity contribution in [1.29, 1.82) is 0 Å². The Labute approximate surface area is 114 Å². The molecule has 1 aromatic rings. The summed E-state index contributed by atoms with van der Waals surface area (Å²) in [5.41, 5.74) is 0.779. The molecule has 106 valence electrons. The minimum absolute atomic E-state index is 0.269. The minimum atomic E-state index is -0.525. The summed E-state index contributed by atoms with van der Waals surface area (Å²) in [5.74, 6) is -0.269. The van der Waals surface area contributed by atoms with E-state index in [2.05, 4.69) is 11.8 Å². The predicted molar refractivity (Wildman–Crippen MR) is 72.4 cm³/mol. The number of ether oxygens (including phenoxy) is 1. The van der Waals surface area contributed by atoms with Crippen LogP contribution in [0.1, 0.15) is 31.4 Å². The molecule has 1 fully saturated rings. The molecule has 0 aliphatic carbocycles. The quantitative estimate of drug-likeness (QED) is 0.889. The van der Waals surface area contributed by atoms with Crippen molar-refractivity contribution >= 4 is 0 Å². The summed E-state index contributed by atoms with van der Waals surface area (Å²) in [6, 6.07) is 6.07. The fraction of sp³-hybridized carbons (Fsp3) is 0.600. The molecule has 0 bridgehead atoms. The zero-order chi connectivity index (χ0) is 13.7. The molecule has 1 saturated heterocycles. The Hall–Kier alpha value is -0.970. The fourth-order valence-electron chi connectivity index (χ4n) is 2.39. The van der Waals surface area contributed by atoms with E-state index in [1.165, 1.54) is 12.1 Å². The van der Waals surface area contributed by atoms with E-state index in [-0.39, 0.29) is 5.82 Å². The molecule has 4 heteroatoms. The Morgan fingerprint density at radius 2 is 2.16 bits per heavy atom. The summed E-state index contributed by atoms with van der Waals surface area (Å²) in [5, 5.41) is 10.1. The van der Waals surface area contributed by atoms with Crippen LogP contribution in [0, 0.1) is 5.82 Å². The van der Waals surface area contributed by atoms with Gasteiger partial charge in [-0.05, 0) is 30.5 Å². The van der Waals surface area contributed by atoms with Crippen LogP contribution < -0.4 is 0 Å². The van der Waals surface area contributed by atoms with Gasteiger partial charge in [0.1, 0.15) is 5.82 Å². The average molecular weight is 267 g/mol. The van der Waals surface area contributed by atoms with Crippen LogP contribution in [0.2, 0.25) is 0 Å². The third-order valence-corrected chi connectivity index (χ3v) is 3.65. The van der Waals surface area contributed by atoms with Crippen molar-refractivity contribution in [3.8, 4) is 0 Å². The lowest BCUT2D eigenvalue weighted by Crippen LogP contribution is -2.42. The smallest absolute Gasteiger partial charge is 0.123 e. The Morgan fingerprint density at radius 1 is 1.42 bits per heavy atom. The molecular formula is C15H22FNO2. The van der Waals surface area contributed by atoms with Crippen LogP contribution in [-0.2, 0) is 4.74 Å². The largest absolute Gasteiger partial charge is 0.388 e. The number of benzene rings is 1. The number of rotatable bonds is 5. The van der Waals surface area contributed by atoms with Gasteiger partial charge in [0.25, 0.3) is 0 Å². The van der Waals surface area contributed by atoms with Gasteiger partial charge in [0, 0.05) is 19.6 Å². The second-order valence-corrected chi connectivity index (χ2v) is 5.06. The second-order valence-electron chi connectivity index (χ2n) is 5.06. The van der Waals surface area contributed by atoms with Gasteiger partial charge >= 0.3 is 0 Å². The summed E-state index contributed by atoms with van der Waals surface area (Å²) in [6.45, 7) is 5.60. The van der Waals surface area contributed by atoms with Gasteiger partial charge in [-0.3, -0.25) is 4.90 Å². The van der Waals surface area contributed by atoms with Crippen LogP contribution in [0.4, 0.5) is 4.39 Å². The summed E-state index contributed by atoms with van der Waals surface area (Å²) in [4.78, 5) is 2.32. The second kappa shape index (κ2) is 6.98. The van der Waals surface area contributed by atoms with Crippen molar-refractivity contribution in [3.63, 3.8) is 0 Å². The highest BCUT2D eigenvalue weighted by molar-refractivity contribution is 5.18. The lowest BCUT2D eigenvalue weighted by atomic mass is 10.1. The van der Waals surface area contributed by atoms with E-state index in [4.69, 9.17) is 4.74 Å². The number of hydrogen-bond acceptors (Lipinski definition) is 3. The highest BCUT2D eigenvalue weighted by Gasteiger charge is 2.19. The van der Waals surface area contributed by atoms with Gasteiger partial charge < -0.3 is 9.84 Å². The van der Waals surface area contributed by atoms with Gasteiger partial charge in [0.15, 0.2) is 0 Å². The Balaban J connectivity index is 1.79. The van der Waals surface area contributed by atoms with Crippen LogP contribution in [0.15, 0.2) is 24.3 Å². The highest BCUT2D eigenvalue weighted by atomic mass is 19.1. The molecule has 1 aromatic carbocycles. The molecule has 0 saturated carbocycles. The van der Waals surface area contributed by atoms with E-state index in [1.807, 2.05) is 0 Å². The number of nitrogens with zero attached hydrogens (tertiary/aromatic N) is 1. The third-order valence-electron chi connectivity index (χ3n) is 3.65. The van der Waals surface area contributed by atoms with E-state index < -0.39 is 6.10 Å². The molecule has 19 heavy (non-hydrogen) atoms. The molecule has 1 heterocycles. The zero-order valence-electron chi connectivity index (χ0n) is 11.4. The van der Waals surface area contributed by atoms with Crippen LogP contribution in [0.25, 0.3) is 0 Å². The molecule has 0 amide bonds. The van der Waals surface area contributed by atoms with Gasteiger partial charge in [-0.15, -0.1) is 0 Å². The maximum Gasteiger partial charge on any atom is 0.123 e. The first-order chi connectivity index (χ1) is 9.19. The molecule has 0 aromatic heterocycles. The van der Waals surface area contributed by atoms with E-state index in [1.54, 1.807) is 12.1 Å². The van der Waals surface area contributed by atoms with E-state index in [9.17, 15) is 9.50 Å². The van der Waals surface area contributed by atoms with Gasteiger partial charge in [-0.25, -0.2) is 4.39 Å². The van der Waals surface area contributed by atoms with Crippen LogP contribution in [0.3, 0.4) is 0 Å². The Morgan fingerprint density at radius 3 is 2.84 bits per heavy atom. The normalized spacial score (nSPS) is 22.4. The van der Waals surface area contributed by atoms with Gasteiger partial charge in [0.2, 0.25) is 0 Å². The molecule has 0 radical (unpaired) electrons. The third kappa shape index (κ3) is 4.27. The van der Waals surface area contributed by atoms with Crippen molar-refractivity contribution in [3.05, 3.63) is 35.6 Å². The monoisotopic (exact) mass is 267 g/mol. The maximum absolute atomic E-state index is 12.8. The average Bonchev–Trinajstić information content (AvgIpc) is 2.46. The molecule has 2 rings (SSSR count). The standard InChI is InChI=1S/C15H22FNO2/c1-2-14-11-17(9-10-19-14)8-7-15(18)12-3-5-13(16)6-4-12/h3-6,14-15,18H,2,7-11H2,1H3. The Kier molecular flexibility index (Phi) is 5.31. The van der Waals surface area contributed by atoms with E-state index in [0.29, 0.717) is 12.5 Å². The molecular weight excluding hydrogens is 245 g/mol. The van der Waals surface area contributed by atoms with E-state index in [0.717, 1.165) is 38.2 Å². The molecule has 1 aliphatic heterocycles. The number of halogens is 1. The van der Waals surface area contributed by atoms with Crippen LogP contribution in [-0.4, -0.2) is 42.4 Å². The fourth-order valence-corrected chi connectivity index (χ4v) is 2.39. The number of morpholine rings is 1. The summed E-state index contributed by atoms with van der Waals surface area (Å²) in [6.07, 6.45) is 1.49. The van der Waals surface area contributed by atoms with Crippen molar-refractivity contribution < 1.29 is 14.2 Å². The van der Waals surface area contributed by atoms with Crippen molar-refractivity contribution in [2.75, 3.05) is 26.2 Å². The molecule has 2 atom stereocenters. The maximum atomic E-state index is 12.8. The molecule has 2 unspecified atom stereocenters. The van der Waals surface area contributed by atoms with Gasteiger partial charge in [0.05, 0.1) is 18.8 Å². The summed E-state index contributed by atoms with van der Waals surface area (Å²) in [7, 11) is 0. The number of hydrogen-bond donors (Lipinski definition) is 1. The zero-order valence-corrected chi connectivity index (χ0v) is 11.4. The van der Waals surface area contributed by atoms with Gasteiger partial charge in [-0.1, -0.05) is 19.1 Å². The lowest BCUT2D eigenvalue weighted by molar-refractivity contribution is -0.0330. The number of aliphatic hydroxyl groups is 1.